The zero-order valence-electron chi connectivity index (χ0n) is 13.0. The zero-order valence-corrected chi connectivity index (χ0v) is 14.7. The van der Waals surface area contributed by atoms with Crippen LogP contribution in [0, 0.1) is 6.92 Å². The van der Waals surface area contributed by atoms with Crippen LogP contribution in [-0.2, 0) is 9.84 Å². The number of hydrogen-bond acceptors (Lipinski definition) is 5. The van der Waals surface area contributed by atoms with Crippen molar-refractivity contribution in [3.63, 3.8) is 0 Å². The molecule has 1 saturated heterocycles. The Hall–Kier alpha value is -0.950. The maximum Gasteiger partial charge on any atom is 0.266 e. The van der Waals surface area contributed by atoms with Crippen LogP contribution in [-0.4, -0.2) is 48.3 Å². The first-order valence-corrected chi connectivity index (χ1v) is 10.5. The van der Waals surface area contributed by atoms with Crippen LogP contribution < -0.4 is 0 Å². The number of aryl methyl sites for hydroxylation is 1. The smallest absolute Gasteiger partial charge is 0.266 e. The van der Waals surface area contributed by atoms with E-state index >= 15 is 0 Å². The van der Waals surface area contributed by atoms with Crippen LogP contribution in [0.4, 0.5) is 0 Å². The lowest BCUT2D eigenvalue weighted by molar-refractivity contribution is 0.0716. The highest BCUT2D eigenvalue weighted by molar-refractivity contribution is 7.91. The summed E-state index contributed by atoms with van der Waals surface area (Å²) in [5, 5.41) is 1.08. The predicted octanol–water partition coefficient (Wildman–Crippen LogP) is 2.37. The number of rotatable bonds is 2. The highest BCUT2D eigenvalue weighted by Crippen LogP contribution is 2.37. The number of aromatic nitrogens is 1. The Morgan fingerprint density at radius 2 is 2.00 bits per heavy atom. The van der Waals surface area contributed by atoms with E-state index in [-0.39, 0.29) is 23.5 Å². The highest BCUT2D eigenvalue weighted by atomic mass is 32.2. The summed E-state index contributed by atoms with van der Waals surface area (Å²) in [5.74, 6) is 0.578. The van der Waals surface area contributed by atoms with Gasteiger partial charge < -0.3 is 4.90 Å². The maximum atomic E-state index is 12.8. The summed E-state index contributed by atoms with van der Waals surface area (Å²) in [6.45, 7) is 3.98. The molecule has 1 aliphatic heterocycles. The van der Waals surface area contributed by atoms with E-state index in [0.29, 0.717) is 17.3 Å². The molecule has 0 bridgehead atoms. The summed E-state index contributed by atoms with van der Waals surface area (Å²) >= 11 is 1.51. The molecule has 5 nitrogen and oxygen atoms in total. The third-order valence-electron chi connectivity index (χ3n) is 4.64. The molecule has 0 spiro atoms. The van der Waals surface area contributed by atoms with Gasteiger partial charge in [0.2, 0.25) is 0 Å². The third-order valence-corrected chi connectivity index (χ3v) is 7.75. The highest BCUT2D eigenvalue weighted by Gasteiger charge is 2.34. The summed E-state index contributed by atoms with van der Waals surface area (Å²) in [5.41, 5.74) is 0.789. The summed E-state index contributed by atoms with van der Waals surface area (Å²) in [7, 11) is -3.00. The Labute approximate surface area is 135 Å². The molecule has 122 valence electrons. The van der Waals surface area contributed by atoms with E-state index in [9.17, 15) is 13.2 Å². The van der Waals surface area contributed by atoms with Crippen LogP contribution >= 0.6 is 11.3 Å². The normalized spacial score (nSPS) is 25.5. The average Bonchev–Trinajstić information content (AvgIpc) is 3.05. The molecular weight excluding hydrogens is 320 g/mol. The molecule has 2 heterocycles. The molecular formula is C15H22N2O3S2. The van der Waals surface area contributed by atoms with Crippen molar-refractivity contribution in [2.75, 3.05) is 18.1 Å². The predicted molar refractivity (Wildman–Crippen MR) is 87.2 cm³/mol. The van der Waals surface area contributed by atoms with Crippen molar-refractivity contribution in [2.45, 2.75) is 51.5 Å². The number of sulfone groups is 1. The van der Waals surface area contributed by atoms with Crippen molar-refractivity contribution in [1.82, 2.24) is 9.88 Å². The van der Waals surface area contributed by atoms with Gasteiger partial charge in [0.05, 0.1) is 22.2 Å². The molecule has 1 saturated carbocycles. The van der Waals surface area contributed by atoms with Crippen LogP contribution in [0.2, 0.25) is 0 Å². The molecule has 0 unspecified atom stereocenters. The molecule has 0 N–H and O–H groups in total. The molecule has 1 atom stereocenters. The number of amides is 1. The minimum atomic E-state index is -3.00. The third kappa shape index (κ3) is 3.06. The first-order valence-electron chi connectivity index (χ1n) is 7.86. The van der Waals surface area contributed by atoms with Gasteiger partial charge in [-0.2, -0.15) is 0 Å². The van der Waals surface area contributed by atoms with Gasteiger partial charge in [-0.05, 0) is 26.7 Å². The van der Waals surface area contributed by atoms with E-state index < -0.39 is 9.84 Å². The molecule has 1 aliphatic carbocycles. The minimum Gasteiger partial charge on any atom is -0.333 e. The van der Waals surface area contributed by atoms with Gasteiger partial charge in [-0.15, -0.1) is 11.3 Å². The Balaban J connectivity index is 1.80. The molecule has 1 aromatic rings. The SMILES string of the molecule is Cc1nc(C2CCCC2)sc1C(=O)N1CCS(=O)(=O)C[C@H]1C. The molecule has 0 aromatic carbocycles. The maximum absolute atomic E-state index is 12.8. The van der Waals surface area contributed by atoms with Gasteiger partial charge in [0.25, 0.3) is 5.91 Å². The van der Waals surface area contributed by atoms with Gasteiger partial charge in [0.1, 0.15) is 4.88 Å². The van der Waals surface area contributed by atoms with E-state index in [1.165, 1.54) is 37.0 Å². The number of carbonyl (C=O) groups excluding carboxylic acids is 1. The van der Waals surface area contributed by atoms with Gasteiger partial charge in [-0.1, -0.05) is 12.8 Å². The molecule has 0 radical (unpaired) electrons. The molecule has 2 fully saturated rings. The zero-order chi connectivity index (χ0) is 15.9. The summed E-state index contributed by atoms with van der Waals surface area (Å²) in [6, 6.07) is -0.261. The lowest BCUT2D eigenvalue weighted by Crippen LogP contribution is -2.49. The van der Waals surface area contributed by atoms with Crippen LogP contribution in [0.5, 0.6) is 0 Å². The summed E-state index contributed by atoms with van der Waals surface area (Å²) in [6.07, 6.45) is 4.82. The fourth-order valence-corrected chi connectivity index (χ4v) is 6.14. The fourth-order valence-electron chi connectivity index (χ4n) is 3.39. The second-order valence-corrected chi connectivity index (χ2v) is 9.67. The van der Waals surface area contributed by atoms with E-state index in [1.54, 1.807) is 4.90 Å². The number of hydrogen-bond donors (Lipinski definition) is 0. The van der Waals surface area contributed by atoms with Gasteiger partial charge in [0.15, 0.2) is 9.84 Å². The van der Waals surface area contributed by atoms with Gasteiger partial charge in [-0.3, -0.25) is 4.79 Å². The number of carbonyl (C=O) groups is 1. The first kappa shape index (κ1) is 15.9. The number of thiazole rings is 1. The Morgan fingerprint density at radius 3 is 2.64 bits per heavy atom. The Bertz CT molecular complexity index is 675. The average molecular weight is 342 g/mol. The lowest BCUT2D eigenvalue weighted by atomic mass is 10.1. The van der Waals surface area contributed by atoms with Crippen LogP contribution in [0.1, 0.15) is 58.9 Å². The topological polar surface area (TPSA) is 67.3 Å². The minimum absolute atomic E-state index is 0.0540. The fraction of sp³-hybridized carbons (Fsp3) is 0.733. The van der Waals surface area contributed by atoms with Crippen LogP contribution in [0.15, 0.2) is 0 Å². The standard InChI is InChI=1S/C15H22N2O3S2/c1-10-9-22(19,20)8-7-17(10)15(18)13-11(2)16-14(21-13)12-5-3-4-6-12/h10,12H,3-9H2,1-2H3/t10-/m1/s1. The van der Waals surface area contributed by atoms with Crippen molar-refractivity contribution in [3.8, 4) is 0 Å². The Kier molecular flexibility index (Phi) is 4.29. The van der Waals surface area contributed by atoms with Crippen molar-refractivity contribution < 1.29 is 13.2 Å². The largest absolute Gasteiger partial charge is 0.333 e. The van der Waals surface area contributed by atoms with Gasteiger partial charge in [-0.25, -0.2) is 13.4 Å². The lowest BCUT2D eigenvalue weighted by Gasteiger charge is -2.32. The molecule has 7 heteroatoms. The van der Waals surface area contributed by atoms with E-state index in [2.05, 4.69) is 4.98 Å². The molecule has 22 heavy (non-hydrogen) atoms. The van der Waals surface area contributed by atoms with Crippen molar-refractivity contribution in [1.29, 1.82) is 0 Å². The van der Waals surface area contributed by atoms with Crippen molar-refractivity contribution in [3.05, 3.63) is 15.6 Å². The van der Waals surface area contributed by atoms with E-state index in [4.69, 9.17) is 0 Å². The first-order chi connectivity index (χ1) is 10.4. The molecule has 1 amide bonds. The summed E-state index contributed by atoms with van der Waals surface area (Å²) < 4.78 is 23.3. The van der Waals surface area contributed by atoms with Crippen LogP contribution in [0.3, 0.4) is 0 Å². The van der Waals surface area contributed by atoms with Gasteiger partial charge in [0, 0.05) is 18.5 Å². The summed E-state index contributed by atoms with van der Waals surface area (Å²) in [4.78, 5) is 19.8. The second kappa shape index (κ2) is 5.92. The van der Waals surface area contributed by atoms with Gasteiger partial charge >= 0.3 is 0 Å². The van der Waals surface area contributed by atoms with Crippen LogP contribution in [0.25, 0.3) is 0 Å². The van der Waals surface area contributed by atoms with Crippen molar-refractivity contribution in [2.24, 2.45) is 0 Å². The second-order valence-electron chi connectivity index (χ2n) is 6.41. The number of nitrogens with zero attached hydrogens (tertiary/aromatic N) is 2. The molecule has 3 rings (SSSR count). The Morgan fingerprint density at radius 1 is 1.32 bits per heavy atom. The molecule has 2 aliphatic rings. The van der Waals surface area contributed by atoms with E-state index in [0.717, 1.165) is 10.7 Å². The monoisotopic (exact) mass is 342 g/mol. The van der Waals surface area contributed by atoms with Crippen molar-refractivity contribution >= 4 is 27.1 Å². The van der Waals surface area contributed by atoms with E-state index in [1.807, 2.05) is 13.8 Å². The molecule has 1 aromatic heterocycles. The quantitative estimate of drug-likeness (QED) is 0.827.